The number of unbranched alkanes of at least 4 members (excludes halogenated alkanes) is 34. The predicted molar refractivity (Wildman–Crippen MR) is 357 cm³/mol. The lowest BCUT2D eigenvalue weighted by Crippen LogP contribution is -2.30. The average Bonchev–Trinajstić information content (AvgIpc) is 3.47. The van der Waals surface area contributed by atoms with Crippen molar-refractivity contribution in [2.45, 2.75) is 341 Å². The number of ether oxygens (including phenoxy) is 3. The zero-order valence-corrected chi connectivity index (χ0v) is 54.0. The molecule has 0 aliphatic heterocycles. The molecule has 0 rings (SSSR count). The smallest absolute Gasteiger partial charge is 0.306 e. The molecule has 0 aliphatic rings. The van der Waals surface area contributed by atoms with Crippen LogP contribution in [0.4, 0.5) is 0 Å². The third-order valence-corrected chi connectivity index (χ3v) is 15.0. The third-order valence-electron chi connectivity index (χ3n) is 15.0. The lowest BCUT2D eigenvalue weighted by atomic mass is 10.0. The summed E-state index contributed by atoms with van der Waals surface area (Å²) in [6.07, 6.45) is 95.6. The predicted octanol–water partition coefficient (Wildman–Crippen LogP) is 24.2. The fourth-order valence-corrected chi connectivity index (χ4v) is 9.78. The van der Waals surface area contributed by atoms with E-state index >= 15 is 0 Å². The Bertz CT molecular complexity index is 1640. The van der Waals surface area contributed by atoms with Gasteiger partial charge in [-0.05, 0) is 122 Å². The number of rotatable bonds is 63. The second-order valence-electron chi connectivity index (χ2n) is 23.1. The molecule has 0 N–H and O–H groups in total. The number of carbonyl (C=O) groups excluding carboxylic acids is 3. The third kappa shape index (κ3) is 66.9. The zero-order chi connectivity index (χ0) is 59.2. The topological polar surface area (TPSA) is 78.9 Å². The van der Waals surface area contributed by atoms with Crippen LogP contribution in [0.25, 0.3) is 0 Å². The molecule has 0 aliphatic carbocycles. The first-order valence-corrected chi connectivity index (χ1v) is 34.9. The summed E-state index contributed by atoms with van der Waals surface area (Å²) in [4.78, 5) is 38.3. The van der Waals surface area contributed by atoms with Crippen molar-refractivity contribution < 1.29 is 28.6 Å². The first-order chi connectivity index (χ1) is 40.5. The molecular weight excluding hydrogens is 1010 g/mol. The van der Waals surface area contributed by atoms with Gasteiger partial charge >= 0.3 is 17.9 Å². The van der Waals surface area contributed by atoms with Gasteiger partial charge in [0.15, 0.2) is 6.10 Å². The Morgan fingerprint density at radius 3 is 0.805 bits per heavy atom. The van der Waals surface area contributed by atoms with Gasteiger partial charge in [-0.2, -0.15) is 0 Å². The molecule has 82 heavy (non-hydrogen) atoms. The number of esters is 3. The summed E-state index contributed by atoms with van der Waals surface area (Å²) in [6.45, 7) is 6.45. The highest BCUT2D eigenvalue weighted by atomic mass is 16.6. The lowest BCUT2D eigenvalue weighted by Gasteiger charge is -2.18. The van der Waals surface area contributed by atoms with Gasteiger partial charge in [-0.15, -0.1) is 0 Å². The summed E-state index contributed by atoms with van der Waals surface area (Å²) in [7, 11) is 0. The van der Waals surface area contributed by atoms with Crippen LogP contribution in [-0.4, -0.2) is 37.2 Å². The van der Waals surface area contributed by atoms with Crippen molar-refractivity contribution in [3.05, 3.63) is 109 Å². The molecule has 0 bridgehead atoms. The van der Waals surface area contributed by atoms with Crippen LogP contribution in [0.1, 0.15) is 335 Å². The van der Waals surface area contributed by atoms with Crippen LogP contribution in [0.2, 0.25) is 0 Å². The highest BCUT2D eigenvalue weighted by molar-refractivity contribution is 5.71. The van der Waals surface area contributed by atoms with Gasteiger partial charge in [0.1, 0.15) is 13.2 Å². The minimum atomic E-state index is -0.793. The highest BCUT2D eigenvalue weighted by Crippen LogP contribution is 2.17. The van der Waals surface area contributed by atoms with Crippen LogP contribution in [0.3, 0.4) is 0 Å². The molecule has 0 saturated heterocycles. The van der Waals surface area contributed by atoms with Gasteiger partial charge in [-0.3, -0.25) is 14.4 Å². The SMILES string of the molecule is CC/C=C\C/C=C\C/C=C\C/C=C\C/C=C\CCCCCCCC(=O)OC(COC(=O)CCCCCCC/C=C\CCC)COC(=O)CCCCCCCCCCCCCCCCCCCC/C=C\C/C=C\C/C=C\CCCCCCC. The van der Waals surface area contributed by atoms with Crippen LogP contribution in [0, 0.1) is 0 Å². The van der Waals surface area contributed by atoms with E-state index in [4.69, 9.17) is 14.2 Å². The van der Waals surface area contributed by atoms with Crippen molar-refractivity contribution >= 4 is 17.9 Å². The summed E-state index contributed by atoms with van der Waals surface area (Å²) in [6, 6.07) is 0. The molecule has 0 aromatic carbocycles. The Morgan fingerprint density at radius 2 is 0.500 bits per heavy atom. The molecule has 1 atom stereocenters. The lowest BCUT2D eigenvalue weighted by molar-refractivity contribution is -0.167. The van der Waals surface area contributed by atoms with Crippen molar-refractivity contribution in [1.82, 2.24) is 0 Å². The van der Waals surface area contributed by atoms with E-state index in [2.05, 4.69) is 130 Å². The normalized spacial score (nSPS) is 12.8. The maximum Gasteiger partial charge on any atom is 0.306 e. The quantitative estimate of drug-likeness (QED) is 0.0261. The fourth-order valence-electron chi connectivity index (χ4n) is 9.78. The van der Waals surface area contributed by atoms with Crippen LogP contribution in [-0.2, 0) is 28.6 Å². The summed E-state index contributed by atoms with van der Waals surface area (Å²) in [5, 5.41) is 0. The Balaban J connectivity index is 4.16. The molecule has 1 unspecified atom stereocenters. The zero-order valence-electron chi connectivity index (χ0n) is 54.0. The van der Waals surface area contributed by atoms with Gasteiger partial charge in [-0.25, -0.2) is 0 Å². The van der Waals surface area contributed by atoms with Crippen LogP contribution in [0.5, 0.6) is 0 Å². The van der Waals surface area contributed by atoms with Gasteiger partial charge in [0.2, 0.25) is 0 Å². The van der Waals surface area contributed by atoms with E-state index in [0.29, 0.717) is 19.3 Å². The van der Waals surface area contributed by atoms with Crippen molar-refractivity contribution in [3.63, 3.8) is 0 Å². The molecule has 0 fully saturated rings. The largest absolute Gasteiger partial charge is 0.462 e. The first kappa shape index (κ1) is 78.1. The molecule has 6 heteroatoms. The Hall–Kier alpha value is -3.93. The highest BCUT2D eigenvalue weighted by Gasteiger charge is 2.19. The molecule has 0 saturated carbocycles. The van der Waals surface area contributed by atoms with Crippen molar-refractivity contribution in [3.8, 4) is 0 Å². The number of hydrogen-bond acceptors (Lipinski definition) is 6. The van der Waals surface area contributed by atoms with Gasteiger partial charge < -0.3 is 14.2 Å². The van der Waals surface area contributed by atoms with Gasteiger partial charge in [0.25, 0.3) is 0 Å². The summed E-state index contributed by atoms with van der Waals surface area (Å²) >= 11 is 0. The Kier molecular flexibility index (Phi) is 66.2. The van der Waals surface area contributed by atoms with Gasteiger partial charge in [-0.1, -0.05) is 304 Å². The molecular formula is C76H130O6. The molecule has 0 heterocycles. The number of hydrogen-bond donors (Lipinski definition) is 0. The molecule has 0 aromatic rings. The molecule has 0 spiro atoms. The number of carbonyl (C=O) groups is 3. The first-order valence-electron chi connectivity index (χ1n) is 34.9. The molecule has 6 nitrogen and oxygen atoms in total. The fraction of sp³-hybridized carbons (Fsp3) is 0.724. The molecule has 470 valence electrons. The van der Waals surface area contributed by atoms with Gasteiger partial charge in [0, 0.05) is 19.3 Å². The standard InChI is InChI=1S/C76H130O6/c1-4-7-10-13-16-19-22-24-26-28-30-32-33-34-35-36-37-38-39-40-41-42-43-45-46-48-50-52-54-57-60-63-66-69-75(78)81-72-73(71-80-74(77)68-65-62-59-56-21-18-15-12-9-6-3)82-76(79)70-67-64-61-58-55-53-51-49-47-44-31-29-27-25-23-20-17-14-11-8-5-2/h8,11-12,15,17,20,22,24-25,27-28,30-31,33-34,44,49,51,73H,4-7,9-10,13-14,16,18-19,21,23,26,29,32,35-43,45-48,50,52-72H2,1-3H3/b11-8-,15-12-,20-17-,24-22-,27-25-,30-28-,34-33-,44-31-,51-49-. The monoisotopic (exact) mass is 1140 g/mol. The summed E-state index contributed by atoms with van der Waals surface area (Å²) < 4.78 is 16.9. The summed E-state index contributed by atoms with van der Waals surface area (Å²) in [5.74, 6) is -0.908. The maximum atomic E-state index is 12.9. The van der Waals surface area contributed by atoms with E-state index in [1.54, 1.807) is 0 Å². The van der Waals surface area contributed by atoms with Crippen LogP contribution >= 0.6 is 0 Å². The average molecular weight is 1140 g/mol. The van der Waals surface area contributed by atoms with Crippen molar-refractivity contribution in [2.24, 2.45) is 0 Å². The van der Waals surface area contributed by atoms with E-state index < -0.39 is 6.10 Å². The summed E-state index contributed by atoms with van der Waals surface area (Å²) in [5.41, 5.74) is 0. The van der Waals surface area contributed by atoms with E-state index in [9.17, 15) is 14.4 Å². The van der Waals surface area contributed by atoms with E-state index in [1.165, 1.54) is 154 Å². The molecule has 0 radical (unpaired) electrons. The van der Waals surface area contributed by atoms with E-state index in [1.807, 2.05) is 0 Å². The molecule has 0 aromatic heterocycles. The number of allylic oxidation sites excluding steroid dienone is 18. The molecule has 0 amide bonds. The second-order valence-corrected chi connectivity index (χ2v) is 23.1. The van der Waals surface area contributed by atoms with Crippen molar-refractivity contribution in [1.29, 1.82) is 0 Å². The van der Waals surface area contributed by atoms with Gasteiger partial charge in [0.05, 0.1) is 0 Å². The van der Waals surface area contributed by atoms with E-state index in [0.717, 1.165) is 141 Å². The minimum Gasteiger partial charge on any atom is -0.462 e. The Morgan fingerprint density at radius 1 is 0.256 bits per heavy atom. The maximum absolute atomic E-state index is 12.9. The van der Waals surface area contributed by atoms with E-state index in [-0.39, 0.29) is 31.1 Å². The Labute approximate surface area is 508 Å². The van der Waals surface area contributed by atoms with Crippen LogP contribution in [0.15, 0.2) is 109 Å². The minimum absolute atomic E-state index is 0.0874. The second kappa shape index (κ2) is 69.6. The van der Waals surface area contributed by atoms with Crippen LogP contribution < -0.4 is 0 Å². The van der Waals surface area contributed by atoms with Crippen molar-refractivity contribution in [2.75, 3.05) is 13.2 Å².